The number of hydrogen-bond donors (Lipinski definition) is 1. The third-order valence-corrected chi connectivity index (χ3v) is 4.48. The molecule has 2 aromatic heterocycles. The molecule has 0 saturated heterocycles. The van der Waals surface area contributed by atoms with Gasteiger partial charge in [0.05, 0.1) is 5.75 Å². The molecule has 25 heavy (non-hydrogen) atoms. The molecule has 6 nitrogen and oxygen atoms in total. The van der Waals surface area contributed by atoms with Gasteiger partial charge in [-0.05, 0) is 30.0 Å². The quantitative estimate of drug-likeness (QED) is 0.558. The van der Waals surface area contributed by atoms with Gasteiger partial charge in [0.2, 0.25) is 11.8 Å². The predicted octanol–water partition coefficient (Wildman–Crippen LogP) is 4.01. The first-order valence-electron chi connectivity index (χ1n) is 7.98. The van der Waals surface area contributed by atoms with Crippen LogP contribution in [0.2, 0.25) is 0 Å². The summed E-state index contributed by atoms with van der Waals surface area (Å²) < 4.78 is 5.75. The first kappa shape index (κ1) is 17.4. The second-order valence-corrected chi connectivity index (χ2v) is 7.78. The van der Waals surface area contributed by atoms with Gasteiger partial charge in [-0.1, -0.05) is 44.7 Å². The van der Waals surface area contributed by atoms with Gasteiger partial charge in [-0.15, -0.1) is 10.2 Å². The van der Waals surface area contributed by atoms with Crippen molar-refractivity contribution in [1.29, 1.82) is 0 Å². The zero-order chi connectivity index (χ0) is 18.0. The SMILES string of the molecule is Cc1cc(N)nc(SCc2nnc(-c3ccc(C(C)(C)C)cc3)o2)n1. The van der Waals surface area contributed by atoms with Gasteiger partial charge < -0.3 is 10.2 Å². The van der Waals surface area contributed by atoms with Gasteiger partial charge in [-0.25, -0.2) is 9.97 Å². The van der Waals surface area contributed by atoms with E-state index in [-0.39, 0.29) is 5.41 Å². The molecule has 2 heterocycles. The molecule has 0 fully saturated rings. The molecule has 3 rings (SSSR count). The lowest BCUT2D eigenvalue weighted by Crippen LogP contribution is -2.10. The second kappa shape index (κ2) is 6.84. The molecule has 130 valence electrons. The van der Waals surface area contributed by atoms with Gasteiger partial charge in [0.15, 0.2) is 5.16 Å². The van der Waals surface area contributed by atoms with Crippen LogP contribution in [-0.2, 0) is 11.2 Å². The fraction of sp³-hybridized carbons (Fsp3) is 0.333. The van der Waals surface area contributed by atoms with E-state index in [1.807, 2.05) is 19.1 Å². The largest absolute Gasteiger partial charge is 0.420 e. The summed E-state index contributed by atoms with van der Waals surface area (Å²) in [7, 11) is 0. The number of nitrogens with two attached hydrogens (primary N) is 1. The maximum absolute atomic E-state index is 5.75. The normalized spacial score (nSPS) is 11.7. The average Bonchev–Trinajstić information content (AvgIpc) is 3.00. The average molecular weight is 355 g/mol. The molecular weight excluding hydrogens is 334 g/mol. The minimum Gasteiger partial charge on any atom is -0.420 e. The van der Waals surface area contributed by atoms with Crippen molar-refractivity contribution >= 4 is 17.6 Å². The molecule has 0 saturated carbocycles. The van der Waals surface area contributed by atoms with Crippen LogP contribution >= 0.6 is 11.8 Å². The van der Waals surface area contributed by atoms with Crippen LogP contribution in [0.4, 0.5) is 5.82 Å². The van der Waals surface area contributed by atoms with Crippen molar-refractivity contribution in [2.24, 2.45) is 0 Å². The topological polar surface area (TPSA) is 90.7 Å². The van der Waals surface area contributed by atoms with Crippen LogP contribution in [0.3, 0.4) is 0 Å². The number of thioether (sulfide) groups is 1. The van der Waals surface area contributed by atoms with Crippen LogP contribution in [0, 0.1) is 6.92 Å². The van der Waals surface area contributed by atoms with E-state index in [1.165, 1.54) is 17.3 Å². The van der Waals surface area contributed by atoms with E-state index in [1.54, 1.807) is 6.07 Å². The molecule has 0 amide bonds. The minimum absolute atomic E-state index is 0.116. The number of anilines is 1. The Morgan fingerprint density at radius 3 is 2.44 bits per heavy atom. The van der Waals surface area contributed by atoms with Gasteiger partial charge in [-0.3, -0.25) is 0 Å². The van der Waals surface area contributed by atoms with Crippen molar-refractivity contribution in [1.82, 2.24) is 20.2 Å². The van der Waals surface area contributed by atoms with Crippen LogP contribution in [-0.4, -0.2) is 20.2 Å². The Bertz CT molecular complexity index is 848. The third kappa shape index (κ3) is 4.36. The molecule has 3 aromatic rings. The minimum atomic E-state index is 0.116. The van der Waals surface area contributed by atoms with Gasteiger partial charge in [0.25, 0.3) is 0 Å². The fourth-order valence-electron chi connectivity index (χ4n) is 2.30. The van der Waals surface area contributed by atoms with E-state index in [0.717, 1.165) is 11.3 Å². The standard InChI is InChI=1S/C18H21N5OS/c1-11-9-14(19)21-17(20-11)25-10-15-22-23-16(24-15)12-5-7-13(8-6-12)18(2,3)4/h5-9H,10H2,1-4H3,(H2,19,20,21). The van der Waals surface area contributed by atoms with Crippen molar-refractivity contribution < 1.29 is 4.42 Å². The molecule has 7 heteroatoms. The maximum Gasteiger partial charge on any atom is 0.247 e. The molecule has 0 aliphatic carbocycles. The Morgan fingerprint density at radius 1 is 1.08 bits per heavy atom. The first-order chi connectivity index (χ1) is 11.8. The molecule has 0 unspecified atom stereocenters. The van der Waals surface area contributed by atoms with Crippen molar-refractivity contribution in [3.63, 3.8) is 0 Å². The summed E-state index contributed by atoms with van der Waals surface area (Å²) >= 11 is 1.42. The van der Waals surface area contributed by atoms with E-state index >= 15 is 0 Å². The van der Waals surface area contributed by atoms with Crippen LogP contribution in [0.5, 0.6) is 0 Å². The summed E-state index contributed by atoms with van der Waals surface area (Å²) in [5.41, 5.74) is 8.86. The van der Waals surface area contributed by atoms with Crippen LogP contribution in [0.15, 0.2) is 39.9 Å². The number of nitrogens with zero attached hydrogens (tertiary/aromatic N) is 4. The number of aromatic nitrogens is 4. The summed E-state index contributed by atoms with van der Waals surface area (Å²) in [6.07, 6.45) is 0. The Hall–Kier alpha value is -2.41. The molecule has 0 radical (unpaired) electrons. The van der Waals surface area contributed by atoms with Gasteiger partial charge in [-0.2, -0.15) is 0 Å². The molecule has 2 N–H and O–H groups in total. The summed E-state index contributed by atoms with van der Waals surface area (Å²) in [5.74, 6) is 2.00. The van der Waals surface area contributed by atoms with E-state index in [4.69, 9.17) is 10.2 Å². The number of rotatable bonds is 4. The van der Waals surface area contributed by atoms with Crippen LogP contribution in [0.1, 0.15) is 37.9 Å². The highest BCUT2D eigenvalue weighted by Crippen LogP contribution is 2.26. The lowest BCUT2D eigenvalue weighted by Gasteiger charge is -2.18. The lowest BCUT2D eigenvalue weighted by atomic mass is 9.87. The smallest absolute Gasteiger partial charge is 0.247 e. The summed E-state index contributed by atoms with van der Waals surface area (Å²) in [4.78, 5) is 8.52. The molecule has 0 spiro atoms. The van der Waals surface area contributed by atoms with E-state index in [9.17, 15) is 0 Å². The lowest BCUT2D eigenvalue weighted by molar-refractivity contribution is 0.528. The highest BCUT2D eigenvalue weighted by Gasteiger charge is 2.15. The molecule has 0 aliphatic rings. The maximum atomic E-state index is 5.75. The Balaban J connectivity index is 1.70. The summed E-state index contributed by atoms with van der Waals surface area (Å²) in [6, 6.07) is 9.94. The number of nitrogen functional groups attached to an aromatic ring is 1. The Labute approximate surface area is 151 Å². The second-order valence-electron chi connectivity index (χ2n) is 6.83. The van der Waals surface area contributed by atoms with Gasteiger partial charge in [0, 0.05) is 17.3 Å². The van der Waals surface area contributed by atoms with Crippen molar-refractivity contribution in [3.05, 3.63) is 47.5 Å². The van der Waals surface area contributed by atoms with Crippen molar-refractivity contribution in [2.75, 3.05) is 5.73 Å². The summed E-state index contributed by atoms with van der Waals surface area (Å²) in [6.45, 7) is 8.44. The predicted molar refractivity (Wildman–Crippen MR) is 99.2 cm³/mol. The first-order valence-corrected chi connectivity index (χ1v) is 8.97. The molecular formula is C18H21N5OS. The number of benzene rings is 1. The number of aryl methyl sites for hydroxylation is 1. The van der Waals surface area contributed by atoms with Gasteiger partial charge >= 0.3 is 0 Å². The zero-order valence-corrected chi connectivity index (χ0v) is 15.6. The monoisotopic (exact) mass is 355 g/mol. The summed E-state index contributed by atoms with van der Waals surface area (Å²) in [5, 5.41) is 8.83. The van der Waals surface area contributed by atoms with Crippen LogP contribution < -0.4 is 5.73 Å². The number of hydrogen-bond acceptors (Lipinski definition) is 7. The van der Waals surface area contributed by atoms with E-state index < -0.39 is 0 Å². The third-order valence-electron chi connectivity index (χ3n) is 3.64. The van der Waals surface area contributed by atoms with E-state index in [0.29, 0.717) is 28.5 Å². The Kier molecular flexibility index (Phi) is 4.76. The highest BCUT2D eigenvalue weighted by molar-refractivity contribution is 7.98. The van der Waals surface area contributed by atoms with Crippen LogP contribution in [0.25, 0.3) is 11.5 Å². The fourth-order valence-corrected chi connectivity index (χ4v) is 3.04. The van der Waals surface area contributed by atoms with Crippen molar-refractivity contribution in [2.45, 2.75) is 44.0 Å². The highest BCUT2D eigenvalue weighted by atomic mass is 32.2. The molecule has 0 atom stereocenters. The molecule has 0 aliphatic heterocycles. The van der Waals surface area contributed by atoms with Crippen molar-refractivity contribution in [3.8, 4) is 11.5 Å². The van der Waals surface area contributed by atoms with Gasteiger partial charge in [0.1, 0.15) is 5.82 Å². The molecule has 0 bridgehead atoms. The molecule has 1 aromatic carbocycles. The van der Waals surface area contributed by atoms with E-state index in [2.05, 4.69) is 53.1 Å². The zero-order valence-electron chi connectivity index (χ0n) is 14.8. The Morgan fingerprint density at radius 2 is 1.80 bits per heavy atom.